The number of amides is 2. The summed E-state index contributed by atoms with van der Waals surface area (Å²) in [5.74, 6) is 0. The van der Waals surface area contributed by atoms with Crippen LogP contribution in [-0.2, 0) is 0 Å². The number of hydrogen-bond acceptors (Lipinski definition) is 2. The first-order valence-electron chi connectivity index (χ1n) is 4.07. The van der Waals surface area contributed by atoms with E-state index in [1.807, 2.05) is 6.92 Å². The van der Waals surface area contributed by atoms with Gasteiger partial charge in [-0.3, -0.25) is 5.10 Å². The second-order valence-corrected chi connectivity index (χ2v) is 3.10. The van der Waals surface area contributed by atoms with Gasteiger partial charge in [0.25, 0.3) is 0 Å². The summed E-state index contributed by atoms with van der Waals surface area (Å²) in [6.07, 6.45) is 3.46. The van der Waals surface area contributed by atoms with Crippen LogP contribution in [0.15, 0.2) is 12.4 Å². The van der Waals surface area contributed by atoms with Crippen LogP contribution in [0.5, 0.6) is 0 Å². The van der Waals surface area contributed by atoms with Gasteiger partial charge in [0, 0.05) is 25.9 Å². The first-order chi connectivity index (χ1) is 6.11. The van der Waals surface area contributed by atoms with Crippen molar-refractivity contribution in [2.75, 3.05) is 14.1 Å². The van der Waals surface area contributed by atoms with Crippen LogP contribution < -0.4 is 5.32 Å². The SMILES string of the molecule is CC(NC(=O)N(C)C)c1cn[nH]c1. The van der Waals surface area contributed by atoms with E-state index in [1.165, 1.54) is 4.90 Å². The average Bonchev–Trinajstić information content (AvgIpc) is 2.55. The third-order valence-electron chi connectivity index (χ3n) is 1.77. The Bertz CT molecular complexity index is 268. The van der Waals surface area contributed by atoms with Crippen LogP contribution in [0.4, 0.5) is 4.79 Å². The fourth-order valence-electron chi connectivity index (χ4n) is 0.895. The summed E-state index contributed by atoms with van der Waals surface area (Å²) in [6, 6.07) is -0.123. The van der Waals surface area contributed by atoms with Crippen molar-refractivity contribution in [3.05, 3.63) is 18.0 Å². The predicted molar refractivity (Wildman–Crippen MR) is 49.2 cm³/mol. The normalized spacial score (nSPS) is 12.2. The molecular formula is C8H14N4O. The molecule has 0 aliphatic heterocycles. The molecule has 0 bridgehead atoms. The number of aromatic amines is 1. The van der Waals surface area contributed by atoms with Crippen molar-refractivity contribution in [1.82, 2.24) is 20.4 Å². The van der Waals surface area contributed by atoms with Crippen molar-refractivity contribution in [3.8, 4) is 0 Å². The van der Waals surface area contributed by atoms with Crippen LogP contribution in [0.25, 0.3) is 0 Å². The predicted octanol–water partition coefficient (Wildman–Crippen LogP) is 0.742. The van der Waals surface area contributed by atoms with Crippen molar-refractivity contribution in [1.29, 1.82) is 0 Å². The Labute approximate surface area is 77.1 Å². The Balaban J connectivity index is 2.51. The molecule has 1 rings (SSSR count). The monoisotopic (exact) mass is 182 g/mol. The molecule has 5 heteroatoms. The van der Waals surface area contributed by atoms with E-state index in [-0.39, 0.29) is 12.1 Å². The molecular weight excluding hydrogens is 168 g/mol. The highest BCUT2D eigenvalue weighted by Crippen LogP contribution is 2.08. The molecule has 13 heavy (non-hydrogen) atoms. The summed E-state index contributed by atoms with van der Waals surface area (Å²) >= 11 is 0. The van der Waals surface area contributed by atoms with Crippen LogP contribution in [0.2, 0.25) is 0 Å². The van der Waals surface area contributed by atoms with E-state index in [1.54, 1.807) is 26.5 Å². The standard InChI is InChI=1S/C8H14N4O/c1-6(7-4-9-10-5-7)11-8(13)12(2)3/h4-6H,1-3H3,(H,9,10)(H,11,13). The lowest BCUT2D eigenvalue weighted by atomic mass is 10.2. The minimum absolute atomic E-state index is 0.0198. The van der Waals surface area contributed by atoms with Crippen molar-refractivity contribution in [2.45, 2.75) is 13.0 Å². The number of urea groups is 1. The lowest BCUT2D eigenvalue weighted by Crippen LogP contribution is -2.35. The molecule has 72 valence electrons. The van der Waals surface area contributed by atoms with Crippen LogP contribution in [0.3, 0.4) is 0 Å². The zero-order valence-electron chi connectivity index (χ0n) is 8.03. The smallest absolute Gasteiger partial charge is 0.317 e. The highest BCUT2D eigenvalue weighted by atomic mass is 16.2. The van der Waals surface area contributed by atoms with E-state index >= 15 is 0 Å². The van der Waals surface area contributed by atoms with Gasteiger partial charge in [0.15, 0.2) is 0 Å². The number of nitrogens with zero attached hydrogens (tertiary/aromatic N) is 2. The summed E-state index contributed by atoms with van der Waals surface area (Å²) in [7, 11) is 3.41. The topological polar surface area (TPSA) is 61.0 Å². The Morgan fingerprint density at radius 3 is 2.85 bits per heavy atom. The van der Waals surface area contributed by atoms with Gasteiger partial charge in [0.2, 0.25) is 0 Å². The number of H-pyrrole nitrogens is 1. The van der Waals surface area contributed by atoms with Crippen molar-refractivity contribution in [2.24, 2.45) is 0 Å². The summed E-state index contributed by atoms with van der Waals surface area (Å²) in [4.78, 5) is 12.7. The van der Waals surface area contributed by atoms with Crippen LogP contribution >= 0.6 is 0 Å². The number of aromatic nitrogens is 2. The van der Waals surface area contributed by atoms with Gasteiger partial charge in [-0.15, -0.1) is 0 Å². The van der Waals surface area contributed by atoms with E-state index in [2.05, 4.69) is 15.5 Å². The number of rotatable bonds is 2. The van der Waals surface area contributed by atoms with E-state index in [0.717, 1.165) is 5.56 Å². The quantitative estimate of drug-likeness (QED) is 0.708. The molecule has 0 aromatic carbocycles. The Morgan fingerprint density at radius 2 is 2.38 bits per heavy atom. The fraction of sp³-hybridized carbons (Fsp3) is 0.500. The molecule has 1 unspecified atom stereocenters. The molecule has 0 spiro atoms. The molecule has 0 aliphatic carbocycles. The maximum Gasteiger partial charge on any atom is 0.317 e. The van der Waals surface area contributed by atoms with Gasteiger partial charge in [0.05, 0.1) is 12.2 Å². The molecule has 0 aliphatic rings. The molecule has 0 saturated carbocycles. The number of nitrogens with one attached hydrogen (secondary N) is 2. The van der Waals surface area contributed by atoms with Gasteiger partial charge in [-0.2, -0.15) is 5.10 Å². The Kier molecular flexibility index (Phi) is 2.89. The summed E-state index contributed by atoms with van der Waals surface area (Å²) in [5, 5.41) is 9.31. The number of hydrogen-bond donors (Lipinski definition) is 2. The van der Waals surface area contributed by atoms with E-state index in [4.69, 9.17) is 0 Å². The van der Waals surface area contributed by atoms with Crippen molar-refractivity contribution >= 4 is 6.03 Å². The highest BCUT2D eigenvalue weighted by molar-refractivity contribution is 5.73. The number of carbonyl (C=O) groups is 1. The summed E-state index contributed by atoms with van der Waals surface area (Å²) in [6.45, 7) is 1.91. The van der Waals surface area contributed by atoms with Crippen molar-refractivity contribution in [3.63, 3.8) is 0 Å². The minimum Gasteiger partial charge on any atom is -0.331 e. The van der Waals surface area contributed by atoms with Gasteiger partial charge in [-0.05, 0) is 6.92 Å². The number of carbonyl (C=O) groups excluding carboxylic acids is 1. The van der Waals surface area contributed by atoms with Crippen LogP contribution in [0.1, 0.15) is 18.5 Å². The maximum absolute atomic E-state index is 11.2. The Hall–Kier alpha value is -1.52. The van der Waals surface area contributed by atoms with Crippen LogP contribution in [0, 0.1) is 0 Å². The first-order valence-corrected chi connectivity index (χ1v) is 4.07. The molecule has 2 N–H and O–H groups in total. The van der Waals surface area contributed by atoms with E-state index < -0.39 is 0 Å². The molecule has 1 aromatic rings. The highest BCUT2D eigenvalue weighted by Gasteiger charge is 2.10. The first kappa shape index (κ1) is 9.57. The molecule has 2 amide bonds. The molecule has 5 nitrogen and oxygen atoms in total. The second kappa shape index (κ2) is 3.93. The molecule has 1 heterocycles. The molecule has 1 atom stereocenters. The summed E-state index contributed by atoms with van der Waals surface area (Å²) in [5.41, 5.74) is 0.968. The third kappa shape index (κ3) is 2.47. The summed E-state index contributed by atoms with van der Waals surface area (Å²) < 4.78 is 0. The average molecular weight is 182 g/mol. The largest absolute Gasteiger partial charge is 0.331 e. The lowest BCUT2D eigenvalue weighted by molar-refractivity contribution is 0.214. The van der Waals surface area contributed by atoms with Gasteiger partial charge in [-0.25, -0.2) is 4.79 Å². The zero-order chi connectivity index (χ0) is 9.84. The van der Waals surface area contributed by atoms with Gasteiger partial charge in [0.1, 0.15) is 0 Å². The zero-order valence-corrected chi connectivity index (χ0v) is 8.03. The van der Waals surface area contributed by atoms with Gasteiger partial charge in [-0.1, -0.05) is 0 Å². The van der Waals surface area contributed by atoms with E-state index in [9.17, 15) is 4.79 Å². The van der Waals surface area contributed by atoms with Crippen molar-refractivity contribution < 1.29 is 4.79 Å². The molecule has 0 saturated heterocycles. The fourth-order valence-corrected chi connectivity index (χ4v) is 0.895. The van der Waals surface area contributed by atoms with Crippen LogP contribution in [-0.4, -0.2) is 35.2 Å². The molecule has 0 fully saturated rings. The van der Waals surface area contributed by atoms with Gasteiger partial charge < -0.3 is 10.2 Å². The Morgan fingerprint density at radius 1 is 1.69 bits per heavy atom. The minimum atomic E-state index is -0.103. The van der Waals surface area contributed by atoms with E-state index in [0.29, 0.717) is 0 Å². The maximum atomic E-state index is 11.2. The molecule has 0 radical (unpaired) electrons. The second-order valence-electron chi connectivity index (χ2n) is 3.10. The lowest BCUT2D eigenvalue weighted by Gasteiger charge is -2.16. The van der Waals surface area contributed by atoms with Gasteiger partial charge >= 0.3 is 6.03 Å². The molecule has 1 aromatic heterocycles. The third-order valence-corrected chi connectivity index (χ3v) is 1.77.